The normalized spacial score (nSPS) is 11.5. The van der Waals surface area contributed by atoms with Crippen molar-refractivity contribution in [1.82, 2.24) is 0 Å². The zero-order valence-electron chi connectivity index (χ0n) is 16.6. The topological polar surface area (TPSA) is 74.2 Å². The van der Waals surface area contributed by atoms with Gasteiger partial charge in [0.15, 0.2) is 11.5 Å². The monoisotopic (exact) mass is 537 g/mol. The van der Waals surface area contributed by atoms with Gasteiger partial charge in [0.2, 0.25) is 0 Å². The van der Waals surface area contributed by atoms with Crippen molar-refractivity contribution in [2.75, 3.05) is 14.2 Å². The van der Waals surface area contributed by atoms with Gasteiger partial charge in [-0.05, 0) is 83.6 Å². The van der Waals surface area contributed by atoms with Crippen LogP contribution in [0.25, 0.3) is 0 Å². The van der Waals surface area contributed by atoms with Gasteiger partial charge in [-0.2, -0.15) is 8.42 Å². The lowest BCUT2D eigenvalue weighted by atomic mass is 10.2. The summed E-state index contributed by atoms with van der Waals surface area (Å²) in [5, 5.41) is 0. The summed E-state index contributed by atoms with van der Waals surface area (Å²) in [6.45, 7) is 1.88. The summed E-state index contributed by atoms with van der Waals surface area (Å²) in [5.74, 6) is 1.19. The Morgan fingerprint density at radius 3 is 2.20 bits per heavy atom. The highest BCUT2D eigenvalue weighted by Gasteiger charge is 2.21. The van der Waals surface area contributed by atoms with Gasteiger partial charge in [-0.15, -0.1) is 0 Å². The van der Waals surface area contributed by atoms with Crippen LogP contribution in [0, 0.1) is 10.5 Å². The Hall–Kier alpha value is -2.59. The summed E-state index contributed by atoms with van der Waals surface area (Å²) in [7, 11) is -0.924. The van der Waals surface area contributed by atoms with E-state index in [9.17, 15) is 8.42 Å². The molecule has 6 nitrogen and oxygen atoms in total. The fraction of sp³-hybridized carbons (Fsp3) is 0.136. The maximum absolute atomic E-state index is 12.7. The zero-order chi connectivity index (χ0) is 21.7. The first kappa shape index (κ1) is 22.1. The summed E-state index contributed by atoms with van der Waals surface area (Å²) in [6.07, 6.45) is 1.67. The molecule has 0 bridgehead atoms. The molecule has 0 saturated carbocycles. The number of methoxy groups -OCH3 is 2. The van der Waals surface area contributed by atoms with Gasteiger partial charge in [-0.3, -0.25) is 4.99 Å². The van der Waals surface area contributed by atoms with E-state index >= 15 is 0 Å². The highest BCUT2D eigenvalue weighted by atomic mass is 127. The molecular weight excluding hydrogens is 517 g/mol. The molecule has 156 valence electrons. The van der Waals surface area contributed by atoms with Crippen molar-refractivity contribution in [1.29, 1.82) is 0 Å². The number of benzene rings is 3. The molecule has 0 heterocycles. The number of rotatable bonds is 7. The number of halogens is 1. The van der Waals surface area contributed by atoms with E-state index in [2.05, 4.69) is 4.99 Å². The molecule has 30 heavy (non-hydrogen) atoms. The molecule has 0 aromatic heterocycles. The average molecular weight is 537 g/mol. The first-order valence-corrected chi connectivity index (χ1v) is 11.4. The number of ether oxygens (including phenoxy) is 2. The molecule has 0 spiro atoms. The van der Waals surface area contributed by atoms with E-state index in [0.717, 1.165) is 22.6 Å². The third-order valence-corrected chi connectivity index (χ3v) is 6.23. The summed E-state index contributed by atoms with van der Waals surface area (Å²) >= 11 is 2.02. The molecular formula is C22H20INO5S. The Bertz CT molecular complexity index is 1160. The summed E-state index contributed by atoms with van der Waals surface area (Å²) < 4.78 is 41.8. The van der Waals surface area contributed by atoms with Crippen molar-refractivity contribution in [3.05, 3.63) is 75.4 Å². The number of aliphatic imine (C=N–C) groups is 1. The lowest BCUT2D eigenvalue weighted by molar-refractivity contribution is 0.389. The predicted molar refractivity (Wildman–Crippen MR) is 125 cm³/mol. The number of hydrogen-bond donors (Lipinski definition) is 0. The molecule has 0 aliphatic rings. The minimum Gasteiger partial charge on any atom is -0.497 e. The molecule has 0 radical (unpaired) electrons. The van der Waals surface area contributed by atoms with Crippen molar-refractivity contribution in [2.24, 2.45) is 4.99 Å². The van der Waals surface area contributed by atoms with Crippen LogP contribution in [0.1, 0.15) is 11.1 Å². The highest BCUT2D eigenvalue weighted by Crippen LogP contribution is 2.36. The maximum atomic E-state index is 12.7. The molecule has 3 aromatic rings. The van der Waals surface area contributed by atoms with Crippen LogP contribution in [0.15, 0.2) is 70.6 Å². The van der Waals surface area contributed by atoms with Gasteiger partial charge in [0, 0.05) is 6.21 Å². The van der Waals surface area contributed by atoms with Crippen molar-refractivity contribution in [3.8, 4) is 17.2 Å². The minimum absolute atomic E-state index is 0.0797. The molecule has 0 aliphatic heterocycles. The highest BCUT2D eigenvalue weighted by molar-refractivity contribution is 14.1. The molecule has 0 N–H and O–H groups in total. The molecule has 0 amide bonds. The zero-order valence-corrected chi connectivity index (χ0v) is 19.6. The van der Waals surface area contributed by atoms with Gasteiger partial charge in [-0.1, -0.05) is 17.7 Å². The Morgan fingerprint density at radius 1 is 0.933 bits per heavy atom. The van der Waals surface area contributed by atoms with Crippen LogP contribution in [0.5, 0.6) is 17.2 Å². The molecule has 0 aliphatic carbocycles. The molecule has 0 saturated heterocycles. The van der Waals surface area contributed by atoms with E-state index in [0.29, 0.717) is 9.32 Å². The number of hydrogen-bond acceptors (Lipinski definition) is 6. The Balaban J connectivity index is 1.88. The maximum Gasteiger partial charge on any atom is 0.339 e. The predicted octanol–water partition coefficient (Wildman–Crippen LogP) is 5.14. The second-order valence-corrected chi connectivity index (χ2v) is 9.05. The third kappa shape index (κ3) is 5.31. The van der Waals surface area contributed by atoms with Crippen molar-refractivity contribution in [2.45, 2.75) is 11.8 Å². The second kappa shape index (κ2) is 9.48. The van der Waals surface area contributed by atoms with E-state index in [1.165, 1.54) is 19.2 Å². The van der Waals surface area contributed by atoms with Gasteiger partial charge in [0.05, 0.1) is 23.5 Å². The summed E-state index contributed by atoms with van der Waals surface area (Å²) in [6, 6.07) is 17.2. The third-order valence-electron chi connectivity index (χ3n) is 4.19. The minimum atomic E-state index is -3.99. The average Bonchev–Trinajstić information content (AvgIpc) is 2.74. The van der Waals surface area contributed by atoms with Gasteiger partial charge in [-0.25, -0.2) is 0 Å². The lowest BCUT2D eigenvalue weighted by Crippen LogP contribution is -2.11. The SMILES string of the molecule is COc1ccc(N=Cc2cc(I)c(OS(=O)(=O)c3ccc(C)cc3)c(OC)c2)cc1. The molecule has 0 unspecified atom stereocenters. The first-order chi connectivity index (χ1) is 14.3. The lowest BCUT2D eigenvalue weighted by Gasteiger charge is -2.13. The fourth-order valence-corrected chi connectivity index (χ4v) is 4.42. The molecule has 8 heteroatoms. The van der Waals surface area contributed by atoms with E-state index in [-0.39, 0.29) is 10.6 Å². The van der Waals surface area contributed by atoms with E-state index in [4.69, 9.17) is 13.7 Å². The van der Waals surface area contributed by atoms with E-state index in [1.807, 2.05) is 53.8 Å². The van der Waals surface area contributed by atoms with Crippen LogP contribution < -0.4 is 13.7 Å². The van der Waals surface area contributed by atoms with Crippen LogP contribution in [0.2, 0.25) is 0 Å². The van der Waals surface area contributed by atoms with E-state index in [1.54, 1.807) is 37.6 Å². The van der Waals surface area contributed by atoms with E-state index < -0.39 is 10.1 Å². The second-order valence-electron chi connectivity index (χ2n) is 6.34. The molecule has 3 rings (SSSR count). The Morgan fingerprint density at radius 2 is 1.60 bits per heavy atom. The standard InChI is InChI=1S/C22H20INO5S/c1-15-4-10-19(11-5-15)30(25,26)29-22-20(23)12-16(13-21(22)28-3)14-24-17-6-8-18(27-2)9-7-17/h4-14H,1-3H3. The van der Waals surface area contributed by atoms with Crippen molar-refractivity contribution in [3.63, 3.8) is 0 Å². The fourth-order valence-electron chi connectivity index (χ4n) is 2.58. The first-order valence-electron chi connectivity index (χ1n) is 8.89. The molecule has 0 atom stereocenters. The van der Waals surface area contributed by atoms with Crippen molar-refractivity contribution < 1.29 is 22.1 Å². The van der Waals surface area contributed by atoms with Crippen molar-refractivity contribution >= 4 is 44.6 Å². The quantitative estimate of drug-likeness (QED) is 0.237. The Labute approximate surface area is 189 Å². The molecule has 3 aromatic carbocycles. The number of aryl methyl sites for hydroxylation is 1. The van der Waals surface area contributed by atoms with Gasteiger partial charge in [0.1, 0.15) is 10.6 Å². The number of nitrogens with zero attached hydrogens (tertiary/aromatic N) is 1. The van der Waals surface area contributed by atoms with Crippen LogP contribution in [0.4, 0.5) is 5.69 Å². The van der Waals surface area contributed by atoms with Crippen LogP contribution >= 0.6 is 22.6 Å². The summed E-state index contributed by atoms with van der Waals surface area (Å²) in [4.78, 5) is 4.51. The molecule has 0 fully saturated rings. The van der Waals surface area contributed by atoms with Crippen LogP contribution in [-0.4, -0.2) is 28.9 Å². The summed E-state index contributed by atoms with van der Waals surface area (Å²) in [5.41, 5.74) is 2.46. The largest absolute Gasteiger partial charge is 0.497 e. The Kier molecular flexibility index (Phi) is 6.99. The van der Waals surface area contributed by atoms with Gasteiger partial charge < -0.3 is 13.7 Å². The van der Waals surface area contributed by atoms with Crippen LogP contribution in [0.3, 0.4) is 0 Å². The smallest absolute Gasteiger partial charge is 0.339 e. The van der Waals surface area contributed by atoms with Gasteiger partial charge in [0.25, 0.3) is 0 Å². The van der Waals surface area contributed by atoms with Gasteiger partial charge >= 0.3 is 10.1 Å². The van der Waals surface area contributed by atoms with Crippen LogP contribution in [-0.2, 0) is 10.1 Å².